The molecular formula is C26H26NO+. The van der Waals surface area contributed by atoms with Crippen LogP contribution in [0.1, 0.15) is 42.4 Å². The van der Waals surface area contributed by atoms with Crippen LogP contribution in [0.2, 0.25) is 0 Å². The van der Waals surface area contributed by atoms with Crippen LogP contribution < -0.4 is 4.57 Å². The standard InChI is InChI=1S/C26H26NO/c1-17-9-10-20-19-7-3-4-8-22(19)28-25(20)23(17)24-21-16-26(12-5-6-13-26)15-18(21)11-14-27(24)2/h3-4,7-11,14H,5-6,12-13,15-16H2,1-2H3/q+1. The van der Waals surface area contributed by atoms with Crippen LogP contribution in [0.4, 0.5) is 0 Å². The molecule has 140 valence electrons. The second-order valence-corrected chi connectivity index (χ2v) is 9.07. The van der Waals surface area contributed by atoms with Crippen molar-refractivity contribution in [3.63, 3.8) is 0 Å². The number of furan rings is 1. The van der Waals surface area contributed by atoms with Gasteiger partial charge in [0.25, 0.3) is 0 Å². The summed E-state index contributed by atoms with van der Waals surface area (Å²) in [7, 11) is 2.19. The molecule has 2 heterocycles. The summed E-state index contributed by atoms with van der Waals surface area (Å²) in [6.45, 7) is 2.22. The van der Waals surface area contributed by atoms with E-state index < -0.39 is 0 Å². The molecule has 1 spiro atoms. The molecule has 4 aromatic rings. The Morgan fingerprint density at radius 1 is 0.929 bits per heavy atom. The van der Waals surface area contributed by atoms with Gasteiger partial charge < -0.3 is 4.42 Å². The van der Waals surface area contributed by atoms with E-state index in [1.54, 1.807) is 11.1 Å². The number of hydrogen-bond donors (Lipinski definition) is 0. The Morgan fingerprint density at radius 3 is 2.61 bits per heavy atom. The van der Waals surface area contributed by atoms with Gasteiger partial charge in [-0.25, -0.2) is 4.57 Å². The molecule has 2 aliphatic carbocycles. The average molecular weight is 369 g/mol. The predicted molar refractivity (Wildman–Crippen MR) is 113 cm³/mol. The highest BCUT2D eigenvalue weighted by Crippen LogP contribution is 2.51. The number of nitrogens with zero attached hydrogens (tertiary/aromatic N) is 1. The monoisotopic (exact) mass is 368 g/mol. The first-order valence-corrected chi connectivity index (χ1v) is 10.6. The topological polar surface area (TPSA) is 17.0 Å². The van der Waals surface area contributed by atoms with Gasteiger partial charge in [0, 0.05) is 22.4 Å². The zero-order chi connectivity index (χ0) is 18.9. The van der Waals surface area contributed by atoms with E-state index in [2.05, 4.69) is 67.2 Å². The Hall–Kier alpha value is -2.61. The van der Waals surface area contributed by atoms with Crippen molar-refractivity contribution in [1.82, 2.24) is 0 Å². The van der Waals surface area contributed by atoms with Gasteiger partial charge in [0.05, 0.1) is 5.56 Å². The van der Waals surface area contributed by atoms with E-state index in [9.17, 15) is 0 Å². The quantitative estimate of drug-likeness (QED) is 0.374. The van der Waals surface area contributed by atoms with Crippen molar-refractivity contribution >= 4 is 21.9 Å². The normalized spacial score (nSPS) is 17.8. The Kier molecular flexibility index (Phi) is 3.33. The maximum Gasteiger partial charge on any atom is 0.219 e. The highest BCUT2D eigenvalue weighted by Gasteiger charge is 2.43. The molecule has 1 saturated carbocycles. The van der Waals surface area contributed by atoms with Gasteiger partial charge in [-0.05, 0) is 55.2 Å². The highest BCUT2D eigenvalue weighted by molar-refractivity contribution is 6.09. The third-order valence-electron chi connectivity index (χ3n) is 7.30. The maximum absolute atomic E-state index is 6.44. The van der Waals surface area contributed by atoms with Crippen molar-refractivity contribution in [2.75, 3.05) is 0 Å². The molecule has 28 heavy (non-hydrogen) atoms. The van der Waals surface area contributed by atoms with Crippen LogP contribution in [0, 0.1) is 12.3 Å². The van der Waals surface area contributed by atoms with Crippen LogP contribution in [-0.2, 0) is 19.9 Å². The SMILES string of the molecule is Cc1ccc2c(oc3ccccc32)c1-c1c2c(cc[n+]1C)CC1(CCCC1)C2. The van der Waals surface area contributed by atoms with Gasteiger partial charge in [-0.2, -0.15) is 0 Å². The van der Waals surface area contributed by atoms with Crippen molar-refractivity contribution in [1.29, 1.82) is 0 Å². The molecule has 2 aliphatic rings. The Labute approximate surface area is 165 Å². The Balaban J connectivity index is 1.66. The van der Waals surface area contributed by atoms with E-state index in [1.807, 2.05) is 0 Å². The first-order valence-electron chi connectivity index (χ1n) is 10.6. The molecule has 0 amide bonds. The largest absolute Gasteiger partial charge is 0.455 e. The molecule has 2 aromatic heterocycles. The first kappa shape index (κ1) is 16.4. The molecule has 2 aromatic carbocycles. The van der Waals surface area contributed by atoms with Gasteiger partial charge in [0.2, 0.25) is 5.69 Å². The van der Waals surface area contributed by atoms with Crippen molar-refractivity contribution in [3.05, 3.63) is 65.4 Å². The molecule has 0 radical (unpaired) electrons. The lowest BCUT2D eigenvalue weighted by Crippen LogP contribution is -2.32. The lowest BCUT2D eigenvalue weighted by Gasteiger charge is -2.21. The van der Waals surface area contributed by atoms with Crippen LogP contribution in [0.25, 0.3) is 33.2 Å². The van der Waals surface area contributed by atoms with Gasteiger partial charge in [-0.1, -0.05) is 43.2 Å². The van der Waals surface area contributed by atoms with Gasteiger partial charge in [-0.3, -0.25) is 0 Å². The summed E-state index contributed by atoms with van der Waals surface area (Å²) in [6.07, 6.45) is 10.3. The van der Waals surface area contributed by atoms with E-state index in [1.165, 1.54) is 66.1 Å². The van der Waals surface area contributed by atoms with Crippen LogP contribution in [0.5, 0.6) is 0 Å². The highest BCUT2D eigenvalue weighted by atomic mass is 16.3. The molecule has 2 heteroatoms. The molecule has 2 nitrogen and oxygen atoms in total. The molecule has 6 rings (SSSR count). The summed E-state index contributed by atoms with van der Waals surface area (Å²) in [5.41, 5.74) is 9.59. The van der Waals surface area contributed by atoms with Gasteiger partial charge in [0.1, 0.15) is 18.2 Å². The fraction of sp³-hybridized carbons (Fsp3) is 0.346. The third kappa shape index (κ3) is 2.18. The number of pyridine rings is 1. The number of benzene rings is 2. The number of aryl methyl sites for hydroxylation is 2. The third-order valence-corrected chi connectivity index (χ3v) is 7.30. The van der Waals surface area contributed by atoms with Crippen LogP contribution in [-0.4, -0.2) is 0 Å². The van der Waals surface area contributed by atoms with Gasteiger partial charge in [0.15, 0.2) is 6.20 Å². The summed E-state index contributed by atoms with van der Waals surface area (Å²) in [5, 5.41) is 2.43. The van der Waals surface area contributed by atoms with Gasteiger partial charge >= 0.3 is 0 Å². The summed E-state index contributed by atoms with van der Waals surface area (Å²) in [4.78, 5) is 0. The minimum Gasteiger partial charge on any atom is -0.455 e. The van der Waals surface area contributed by atoms with Crippen molar-refractivity contribution in [3.8, 4) is 11.3 Å². The Bertz CT molecular complexity index is 1240. The lowest BCUT2D eigenvalue weighted by molar-refractivity contribution is -0.660. The Morgan fingerprint density at radius 2 is 1.75 bits per heavy atom. The molecule has 0 aliphatic heterocycles. The van der Waals surface area contributed by atoms with E-state index in [0.29, 0.717) is 5.41 Å². The van der Waals surface area contributed by atoms with Crippen molar-refractivity contribution in [2.24, 2.45) is 12.5 Å². The summed E-state index contributed by atoms with van der Waals surface area (Å²) < 4.78 is 8.76. The zero-order valence-electron chi connectivity index (χ0n) is 16.7. The lowest BCUT2D eigenvalue weighted by atomic mass is 9.83. The fourth-order valence-electron chi connectivity index (χ4n) is 5.93. The molecule has 1 fully saturated rings. The van der Waals surface area contributed by atoms with Crippen molar-refractivity contribution in [2.45, 2.75) is 45.4 Å². The smallest absolute Gasteiger partial charge is 0.219 e. The second kappa shape index (κ2) is 5.70. The summed E-state index contributed by atoms with van der Waals surface area (Å²) in [6, 6.07) is 15.3. The van der Waals surface area contributed by atoms with E-state index in [4.69, 9.17) is 4.42 Å². The van der Waals surface area contributed by atoms with Gasteiger partial charge in [-0.15, -0.1) is 0 Å². The number of aromatic nitrogens is 1. The van der Waals surface area contributed by atoms with E-state index in [0.717, 1.165) is 11.2 Å². The van der Waals surface area contributed by atoms with E-state index in [-0.39, 0.29) is 0 Å². The maximum atomic E-state index is 6.44. The molecule has 0 bridgehead atoms. The fourth-order valence-corrected chi connectivity index (χ4v) is 5.93. The van der Waals surface area contributed by atoms with Crippen LogP contribution >= 0.6 is 0 Å². The summed E-state index contributed by atoms with van der Waals surface area (Å²) >= 11 is 0. The molecular weight excluding hydrogens is 342 g/mol. The minimum absolute atomic E-state index is 0.515. The second-order valence-electron chi connectivity index (χ2n) is 9.07. The molecule has 0 unspecified atom stereocenters. The van der Waals surface area contributed by atoms with Crippen LogP contribution in [0.3, 0.4) is 0 Å². The number of fused-ring (bicyclic) bond motifs is 4. The number of rotatable bonds is 1. The zero-order valence-corrected chi connectivity index (χ0v) is 16.7. The van der Waals surface area contributed by atoms with E-state index >= 15 is 0 Å². The van der Waals surface area contributed by atoms with Crippen LogP contribution in [0.15, 0.2) is 53.1 Å². The molecule has 0 N–H and O–H groups in total. The first-order chi connectivity index (χ1) is 13.7. The summed E-state index contributed by atoms with van der Waals surface area (Å²) in [5.74, 6) is 0. The minimum atomic E-state index is 0.515. The number of hydrogen-bond acceptors (Lipinski definition) is 1. The molecule has 0 saturated heterocycles. The number of para-hydroxylation sites is 1. The predicted octanol–water partition coefficient (Wildman–Crippen LogP) is 6.04. The molecule has 0 atom stereocenters. The van der Waals surface area contributed by atoms with Crippen molar-refractivity contribution < 1.29 is 8.98 Å². The average Bonchev–Trinajstić information content (AvgIpc) is 3.39.